The number of hydrogen-bond donors (Lipinski definition) is 1. The summed E-state index contributed by atoms with van der Waals surface area (Å²) < 4.78 is 7.62. The van der Waals surface area contributed by atoms with E-state index < -0.39 is 6.10 Å². The van der Waals surface area contributed by atoms with Crippen molar-refractivity contribution in [1.29, 1.82) is 0 Å². The molecule has 5 nitrogen and oxygen atoms in total. The predicted molar refractivity (Wildman–Crippen MR) is 114 cm³/mol. The molecular formula is C20H15Cl2N3O2S. The quantitative estimate of drug-likeness (QED) is 0.435. The Morgan fingerprint density at radius 1 is 1.21 bits per heavy atom. The smallest absolute Gasteiger partial charge is 0.265 e. The van der Waals surface area contributed by atoms with Crippen molar-refractivity contribution in [3.63, 3.8) is 0 Å². The van der Waals surface area contributed by atoms with Gasteiger partial charge in [0.25, 0.3) is 5.91 Å². The number of hydrogen-bond acceptors (Lipinski definition) is 4. The van der Waals surface area contributed by atoms with Crippen molar-refractivity contribution in [3.05, 3.63) is 70.3 Å². The highest BCUT2D eigenvalue weighted by molar-refractivity contribution is 7.15. The van der Waals surface area contributed by atoms with Gasteiger partial charge in [-0.1, -0.05) is 35.3 Å². The second-order valence-electron chi connectivity index (χ2n) is 6.12. The Morgan fingerprint density at radius 2 is 2.00 bits per heavy atom. The number of carbonyl (C=O) groups excluding carboxylic acids is 1. The van der Waals surface area contributed by atoms with Gasteiger partial charge >= 0.3 is 0 Å². The minimum Gasteiger partial charge on any atom is -0.479 e. The number of ether oxygens (including phenoxy) is 1. The molecule has 4 aromatic rings. The fourth-order valence-corrected chi connectivity index (χ4v) is 3.80. The van der Waals surface area contributed by atoms with Crippen LogP contribution in [0.4, 0.5) is 5.69 Å². The fraction of sp³-hybridized carbons (Fsp3) is 0.100. The van der Waals surface area contributed by atoms with E-state index in [1.807, 2.05) is 46.4 Å². The standard InChI is InChI=1S/C20H15Cl2N3O2S/c1-12(27-18-7-4-14(21)10-16(18)22)19(26)23-15-5-2-13(3-6-15)17-11-25-8-9-28-20(25)24-17/h2-12H,1H3,(H,23,26)/t12-/m0/s1. The number of imidazole rings is 1. The summed E-state index contributed by atoms with van der Waals surface area (Å²) in [7, 11) is 0. The van der Waals surface area contributed by atoms with E-state index in [1.54, 1.807) is 36.5 Å². The molecule has 0 fully saturated rings. The van der Waals surface area contributed by atoms with Gasteiger partial charge in [-0.25, -0.2) is 4.98 Å². The number of rotatable bonds is 5. The molecule has 2 aromatic carbocycles. The number of amides is 1. The van der Waals surface area contributed by atoms with E-state index in [0.29, 0.717) is 21.5 Å². The third-order valence-electron chi connectivity index (χ3n) is 4.11. The number of nitrogens with one attached hydrogen (secondary N) is 1. The van der Waals surface area contributed by atoms with Crippen molar-refractivity contribution in [1.82, 2.24) is 9.38 Å². The van der Waals surface area contributed by atoms with Crippen LogP contribution in [0.15, 0.2) is 60.2 Å². The SMILES string of the molecule is C[C@H](Oc1ccc(Cl)cc1Cl)C(=O)Nc1ccc(-c2cn3ccsc3n2)cc1. The molecule has 1 N–H and O–H groups in total. The Kier molecular flexibility index (Phi) is 5.26. The number of halogens is 2. The summed E-state index contributed by atoms with van der Waals surface area (Å²) in [5.41, 5.74) is 2.54. The first-order valence-corrected chi connectivity index (χ1v) is 10.1. The summed E-state index contributed by atoms with van der Waals surface area (Å²) in [6.07, 6.45) is 3.23. The van der Waals surface area contributed by atoms with Crippen LogP contribution < -0.4 is 10.1 Å². The maximum absolute atomic E-state index is 12.4. The molecule has 0 aliphatic carbocycles. The van der Waals surface area contributed by atoms with Crippen LogP contribution in [-0.4, -0.2) is 21.4 Å². The summed E-state index contributed by atoms with van der Waals surface area (Å²) in [4.78, 5) is 17.9. The molecule has 2 heterocycles. The van der Waals surface area contributed by atoms with Crippen LogP contribution in [0.5, 0.6) is 5.75 Å². The average Bonchev–Trinajstić information content (AvgIpc) is 3.26. The topological polar surface area (TPSA) is 55.6 Å². The first-order valence-electron chi connectivity index (χ1n) is 8.45. The second kappa shape index (κ2) is 7.83. The van der Waals surface area contributed by atoms with Crippen molar-refractivity contribution in [2.45, 2.75) is 13.0 Å². The van der Waals surface area contributed by atoms with E-state index >= 15 is 0 Å². The van der Waals surface area contributed by atoms with Gasteiger partial charge in [-0.05, 0) is 37.3 Å². The van der Waals surface area contributed by atoms with E-state index in [4.69, 9.17) is 27.9 Å². The third kappa shape index (κ3) is 3.99. The van der Waals surface area contributed by atoms with Gasteiger partial charge in [-0.3, -0.25) is 9.20 Å². The number of nitrogens with zero attached hydrogens (tertiary/aromatic N) is 2. The summed E-state index contributed by atoms with van der Waals surface area (Å²) in [5.74, 6) is 0.130. The van der Waals surface area contributed by atoms with E-state index in [-0.39, 0.29) is 5.91 Å². The monoisotopic (exact) mass is 431 g/mol. The molecule has 8 heteroatoms. The number of fused-ring (bicyclic) bond motifs is 1. The van der Waals surface area contributed by atoms with E-state index in [9.17, 15) is 4.79 Å². The van der Waals surface area contributed by atoms with Gasteiger partial charge in [0, 0.05) is 34.0 Å². The van der Waals surface area contributed by atoms with Gasteiger partial charge < -0.3 is 10.1 Å². The Morgan fingerprint density at radius 3 is 2.71 bits per heavy atom. The zero-order valence-electron chi connectivity index (χ0n) is 14.7. The van der Waals surface area contributed by atoms with Crippen LogP contribution in [0.2, 0.25) is 10.0 Å². The highest BCUT2D eigenvalue weighted by atomic mass is 35.5. The van der Waals surface area contributed by atoms with Gasteiger partial charge in [0.05, 0.1) is 10.7 Å². The normalized spacial score (nSPS) is 12.1. The lowest BCUT2D eigenvalue weighted by molar-refractivity contribution is -0.122. The Hall–Kier alpha value is -2.54. The summed E-state index contributed by atoms with van der Waals surface area (Å²) in [6, 6.07) is 12.4. The van der Waals surface area contributed by atoms with Gasteiger partial charge in [-0.2, -0.15) is 0 Å². The minimum atomic E-state index is -0.724. The molecule has 0 radical (unpaired) electrons. The number of benzene rings is 2. The van der Waals surface area contributed by atoms with Gasteiger partial charge in [0.2, 0.25) is 0 Å². The van der Waals surface area contributed by atoms with Crippen LogP contribution in [0.1, 0.15) is 6.92 Å². The molecule has 0 saturated heterocycles. The molecule has 0 saturated carbocycles. The lowest BCUT2D eigenvalue weighted by atomic mass is 10.1. The van der Waals surface area contributed by atoms with E-state index in [0.717, 1.165) is 16.2 Å². The maximum Gasteiger partial charge on any atom is 0.265 e. The molecular weight excluding hydrogens is 417 g/mol. The predicted octanol–water partition coefficient (Wildman–Crippen LogP) is 5.78. The van der Waals surface area contributed by atoms with Gasteiger partial charge in [0.15, 0.2) is 11.1 Å². The lowest BCUT2D eigenvalue weighted by Crippen LogP contribution is -2.30. The number of aromatic nitrogens is 2. The van der Waals surface area contributed by atoms with Crippen LogP contribution in [-0.2, 0) is 4.79 Å². The van der Waals surface area contributed by atoms with Crippen molar-refractivity contribution >= 4 is 51.1 Å². The highest BCUT2D eigenvalue weighted by Gasteiger charge is 2.16. The number of carbonyl (C=O) groups is 1. The van der Waals surface area contributed by atoms with Gasteiger partial charge in [0.1, 0.15) is 5.75 Å². The molecule has 142 valence electrons. The van der Waals surface area contributed by atoms with Crippen LogP contribution in [0.25, 0.3) is 16.2 Å². The maximum atomic E-state index is 12.4. The molecule has 4 rings (SSSR count). The zero-order chi connectivity index (χ0) is 19.7. The Balaban J connectivity index is 1.41. The van der Waals surface area contributed by atoms with Crippen molar-refractivity contribution in [2.24, 2.45) is 0 Å². The van der Waals surface area contributed by atoms with Crippen molar-refractivity contribution in [3.8, 4) is 17.0 Å². The van der Waals surface area contributed by atoms with Crippen LogP contribution in [0, 0.1) is 0 Å². The molecule has 28 heavy (non-hydrogen) atoms. The van der Waals surface area contributed by atoms with E-state index in [2.05, 4.69) is 10.3 Å². The number of anilines is 1. The largest absolute Gasteiger partial charge is 0.479 e. The van der Waals surface area contributed by atoms with Crippen LogP contribution >= 0.6 is 34.5 Å². The zero-order valence-corrected chi connectivity index (χ0v) is 17.1. The molecule has 1 amide bonds. The average molecular weight is 432 g/mol. The van der Waals surface area contributed by atoms with E-state index in [1.165, 1.54) is 0 Å². The first-order chi connectivity index (χ1) is 13.5. The van der Waals surface area contributed by atoms with Crippen molar-refractivity contribution < 1.29 is 9.53 Å². The van der Waals surface area contributed by atoms with Crippen LogP contribution in [0.3, 0.4) is 0 Å². The number of thiazole rings is 1. The molecule has 2 aromatic heterocycles. The molecule has 0 bridgehead atoms. The summed E-state index contributed by atoms with van der Waals surface area (Å²) in [6.45, 7) is 1.66. The summed E-state index contributed by atoms with van der Waals surface area (Å²) >= 11 is 13.5. The fourth-order valence-electron chi connectivity index (χ4n) is 2.65. The highest BCUT2D eigenvalue weighted by Crippen LogP contribution is 2.28. The Labute approximate surface area is 175 Å². The molecule has 0 aliphatic rings. The Bertz CT molecular complexity index is 1110. The van der Waals surface area contributed by atoms with Crippen molar-refractivity contribution in [2.75, 3.05) is 5.32 Å². The molecule has 1 atom stereocenters. The molecule has 0 spiro atoms. The van der Waals surface area contributed by atoms with Gasteiger partial charge in [-0.15, -0.1) is 11.3 Å². The molecule has 0 unspecified atom stereocenters. The first kappa shape index (κ1) is 18.8. The lowest BCUT2D eigenvalue weighted by Gasteiger charge is -2.16. The molecule has 0 aliphatic heterocycles. The third-order valence-corrected chi connectivity index (χ3v) is 5.41. The summed E-state index contributed by atoms with van der Waals surface area (Å²) in [5, 5.41) is 5.69. The minimum absolute atomic E-state index is 0.277. The second-order valence-corrected chi connectivity index (χ2v) is 7.84.